The molecular weight excluding hydrogens is 449 g/mol. The third-order valence-corrected chi connectivity index (χ3v) is 20.4. The third kappa shape index (κ3) is 8.25. The Morgan fingerprint density at radius 3 is 1.52 bits per heavy atom. The van der Waals surface area contributed by atoms with Crippen molar-refractivity contribution in [2.75, 3.05) is 13.2 Å². The molecule has 0 aliphatic carbocycles. The van der Waals surface area contributed by atoms with Crippen molar-refractivity contribution >= 4 is 30.3 Å². The molecule has 0 aromatic carbocycles. The topological polar surface area (TPSA) is 76.4 Å². The number of esters is 2. The summed E-state index contributed by atoms with van der Waals surface area (Å²) in [6, 6.07) is 2.02. The van der Waals surface area contributed by atoms with Gasteiger partial charge in [0.15, 0.2) is 0 Å². The molecule has 0 bridgehead atoms. The molecule has 0 spiro atoms. The number of hydrogen-bond acceptors (Lipinski definition) is 5. The summed E-state index contributed by atoms with van der Waals surface area (Å²) in [6.07, 6.45) is 6.17. The molecule has 0 fully saturated rings. The van der Waals surface area contributed by atoms with Gasteiger partial charge in [0, 0.05) is 0 Å². The van der Waals surface area contributed by atoms with E-state index in [1.807, 2.05) is 6.07 Å². The number of rotatable bonds is 14. The van der Waals surface area contributed by atoms with Gasteiger partial charge in [0.05, 0.1) is 0 Å². The van der Waals surface area contributed by atoms with Crippen LogP contribution in [0.4, 0.5) is 0 Å². The quantitative estimate of drug-likeness (QED) is 0.144. The molecule has 0 aromatic rings. The first-order chi connectivity index (χ1) is 13.0. The van der Waals surface area contributed by atoms with Crippen molar-refractivity contribution in [3.8, 4) is 6.07 Å². The summed E-state index contributed by atoms with van der Waals surface area (Å²) in [7, 11) is 0. The minimum absolute atomic E-state index is 0.0885. The van der Waals surface area contributed by atoms with E-state index in [0.29, 0.717) is 3.59 Å². The average molecular weight is 486 g/mol. The van der Waals surface area contributed by atoms with Gasteiger partial charge in [-0.25, -0.2) is 0 Å². The van der Waals surface area contributed by atoms with Crippen LogP contribution in [0.15, 0.2) is 9.16 Å². The Labute approximate surface area is 169 Å². The van der Waals surface area contributed by atoms with Crippen LogP contribution < -0.4 is 0 Å². The number of unbranched alkanes of at least 4 members (excludes halogenated alkanes) is 3. The zero-order chi connectivity index (χ0) is 20.7. The first-order valence-electron chi connectivity index (χ1n) is 10.5. The number of nitriles is 1. The Hall–Kier alpha value is -1.03. The molecule has 154 valence electrons. The van der Waals surface area contributed by atoms with Crippen LogP contribution in [0.1, 0.15) is 73.1 Å². The summed E-state index contributed by atoms with van der Waals surface area (Å²) in [5.74, 6) is -1.13. The van der Waals surface area contributed by atoms with E-state index in [2.05, 4.69) is 20.8 Å². The van der Waals surface area contributed by atoms with Crippen LogP contribution in [0.25, 0.3) is 0 Å². The van der Waals surface area contributed by atoms with Gasteiger partial charge < -0.3 is 0 Å². The van der Waals surface area contributed by atoms with Gasteiger partial charge in [-0.3, -0.25) is 0 Å². The van der Waals surface area contributed by atoms with Gasteiger partial charge >= 0.3 is 170 Å². The predicted molar refractivity (Wildman–Crippen MR) is 111 cm³/mol. The molecule has 0 atom stereocenters. The Morgan fingerprint density at radius 2 is 1.19 bits per heavy atom. The van der Waals surface area contributed by atoms with Gasteiger partial charge in [-0.05, 0) is 0 Å². The number of carbonyl (C=O) groups is 2. The van der Waals surface area contributed by atoms with Crippen LogP contribution in [0.5, 0.6) is 0 Å². The molecule has 0 radical (unpaired) electrons. The van der Waals surface area contributed by atoms with Crippen LogP contribution >= 0.6 is 0 Å². The summed E-state index contributed by atoms with van der Waals surface area (Å²) in [6.45, 7) is 10.3. The molecule has 0 aromatic heterocycles. The van der Waals surface area contributed by atoms with Crippen LogP contribution in [0.2, 0.25) is 13.3 Å². The summed E-state index contributed by atoms with van der Waals surface area (Å²) in [5, 5.41) is 9.77. The number of hydrogen-bond donors (Lipinski definition) is 0. The fourth-order valence-electron chi connectivity index (χ4n) is 3.49. The first-order valence-corrected chi connectivity index (χ1v) is 17.9. The zero-order valence-corrected chi connectivity index (χ0v) is 20.7. The number of ether oxygens (including phenoxy) is 2. The van der Waals surface area contributed by atoms with Crippen molar-refractivity contribution in [2.45, 2.75) is 86.5 Å². The van der Waals surface area contributed by atoms with Gasteiger partial charge in [-0.2, -0.15) is 0 Å². The van der Waals surface area contributed by atoms with Crippen molar-refractivity contribution in [3.05, 3.63) is 9.16 Å². The summed E-state index contributed by atoms with van der Waals surface area (Å²) in [5.41, 5.74) is -0.0885. The van der Waals surface area contributed by atoms with Crippen molar-refractivity contribution in [1.82, 2.24) is 0 Å². The molecule has 0 saturated carbocycles. The molecule has 0 unspecified atom stereocenters. The van der Waals surface area contributed by atoms with E-state index >= 15 is 0 Å². The van der Waals surface area contributed by atoms with Crippen molar-refractivity contribution in [3.63, 3.8) is 0 Å². The fraction of sp³-hybridized carbons (Fsp3) is 0.762. The summed E-state index contributed by atoms with van der Waals surface area (Å²) >= 11 is -3.33. The molecule has 0 amide bonds. The van der Waals surface area contributed by atoms with E-state index in [0.717, 1.165) is 51.8 Å². The Kier molecular flexibility index (Phi) is 14.4. The second-order valence-corrected chi connectivity index (χ2v) is 19.9. The van der Waals surface area contributed by atoms with Gasteiger partial charge in [-0.1, -0.05) is 0 Å². The number of carbonyl (C=O) groups excluding carboxylic acids is 2. The molecule has 0 aliphatic heterocycles. The van der Waals surface area contributed by atoms with E-state index in [4.69, 9.17) is 9.47 Å². The van der Waals surface area contributed by atoms with Crippen molar-refractivity contribution < 1.29 is 19.1 Å². The van der Waals surface area contributed by atoms with E-state index in [-0.39, 0.29) is 18.8 Å². The maximum absolute atomic E-state index is 13.0. The fourth-order valence-corrected chi connectivity index (χ4v) is 20.0. The van der Waals surface area contributed by atoms with Crippen LogP contribution in [0.3, 0.4) is 0 Å². The van der Waals surface area contributed by atoms with E-state index in [1.54, 1.807) is 13.8 Å². The zero-order valence-electron chi connectivity index (χ0n) is 17.9. The molecule has 0 rings (SSSR count). The maximum atomic E-state index is 13.0. The van der Waals surface area contributed by atoms with Crippen molar-refractivity contribution in [2.24, 2.45) is 0 Å². The minimum atomic E-state index is -3.33. The third-order valence-electron chi connectivity index (χ3n) is 4.88. The SMILES string of the molecule is CCC[CH2][Sn]([CH2]CCC)([CH2]CCC)/[C](C(=O)OCC)=C(/C#N)C(=O)OCC. The Bertz CT molecular complexity index is 515. The Balaban J connectivity index is 6.55. The number of nitrogens with zero attached hydrogens (tertiary/aromatic N) is 1. The van der Waals surface area contributed by atoms with Crippen LogP contribution in [0, 0.1) is 11.3 Å². The Morgan fingerprint density at radius 1 is 0.778 bits per heavy atom. The molecule has 5 nitrogen and oxygen atoms in total. The summed E-state index contributed by atoms with van der Waals surface area (Å²) < 4.78 is 13.9. The van der Waals surface area contributed by atoms with Gasteiger partial charge in [0.2, 0.25) is 0 Å². The molecular formula is C21H37NO4Sn. The molecule has 0 saturated heterocycles. The van der Waals surface area contributed by atoms with Gasteiger partial charge in [0.1, 0.15) is 0 Å². The van der Waals surface area contributed by atoms with E-state index in [1.165, 1.54) is 0 Å². The molecule has 0 aliphatic rings. The first kappa shape index (κ1) is 26.0. The van der Waals surface area contributed by atoms with Crippen LogP contribution in [-0.4, -0.2) is 43.5 Å². The van der Waals surface area contributed by atoms with E-state index in [9.17, 15) is 14.9 Å². The average Bonchev–Trinajstić information content (AvgIpc) is 2.66. The standard InChI is InChI=1S/C9H10NO4.3C4H9.Sn/c1-3-13-8(11)5-7(6-10)9(12)14-4-2;3*1-3-4-2;/h3-4H2,1-2H3;3*1,3-4H2,2H3;. The molecule has 0 heterocycles. The second kappa shape index (κ2) is 15.0. The van der Waals surface area contributed by atoms with Crippen LogP contribution in [-0.2, 0) is 19.1 Å². The monoisotopic (exact) mass is 487 g/mol. The van der Waals surface area contributed by atoms with Gasteiger partial charge in [-0.15, -0.1) is 0 Å². The summed E-state index contributed by atoms with van der Waals surface area (Å²) in [4.78, 5) is 25.5. The molecule has 27 heavy (non-hydrogen) atoms. The second-order valence-electron chi connectivity index (χ2n) is 6.89. The normalized spacial score (nSPS) is 12.1. The molecule has 0 N–H and O–H groups in total. The molecule has 6 heteroatoms. The van der Waals surface area contributed by atoms with Gasteiger partial charge in [0.25, 0.3) is 0 Å². The predicted octanol–water partition coefficient (Wildman–Crippen LogP) is 5.32. The van der Waals surface area contributed by atoms with E-state index < -0.39 is 30.3 Å². The van der Waals surface area contributed by atoms with Crippen molar-refractivity contribution in [1.29, 1.82) is 5.26 Å².